The van der Waals surface area contributed by atoms with Crippen molar-refractivity contribution in [2.24, 2.45) is 5.92 Å². The van der Waals surface area contributed by atoms with Crippen LogP contribution in [0.25, 0.3) is 11.4 Å². The van der Waals surface area contributed by atoms with E-state index in [4.69, 9.17) is 4.74 Å². The third kappa shape index (κ3) is 2.64. The van der Waals surface area contributed by atoms with Crippen molar-refractivity contribution < 1.29 is 14.3 Å². The monoisotopic (exact) mass is 303 g/mol. The van der Waals surface area contributed by atoms with Gasteiger partial charge in [-0.3, -0.25) is 14.5 Å². The first-order chi connectivity index (χ1) is 10.2. The molecule has 0 radical (unpaired) electrons. The Labute approximate surface area is 125 Å². The van der Waals surface area contributed by atoms with E-state index in [-0.39, 0.29) is 18.3 Å². The van der Waals surface area contributed by atoms with Crippen LogP contribution in [-0.4, -0.2) is 34.9 Å². The predicted molar refractivity (Wildman–Crippen MR) is 77.8 cm³/mol. The minimum atomic E-state index is -0.424. The maximum atomic E-state index is 12.0. The number of hydrogen-bond donors (Lipinski definition) is 0. The molecule has 0 bridgehead atoms. The van der Waals surface area contributed by atoms with Crippen molar-refractivity contribution in [1.29, 1.82) is 0 Å². The lowest BCUT2D eigenvalue weighted by Gasteiger charge is -2.11. The zero-order valence-electron chi connectivity index (χ0n) is 11.4. The molecule has 1 aromatic heterocycles. The van der Waals surface area contributed by atoms with Crippen LogP contribution in [0.15, 0.2) is 30.3 Å². The molecule has 1 atom stereocenters. The van der Waals surface area contributed by atoms with Crippen LogP contribution in [0.5, 0.6) is 0 Å². The van der Waals surface area contributed by atoms with Crippen LogP contribution in [0.3, 0.4) is 0 Å². The minimum absolute atomic E-state index is 0.124. The molecule has 21 heavy (non-hydrogen) atoms. The SMILES string of the molecule is COC(=O)C1CC(=O)N(c2nc(-c3ccccc3)ns2)C1. The fourth-order valence-electron chi connectivity index (χ4n) is 2.25. The molecule has 1 fully saturated rings. The summed E-state index contributed by atoms with van der Waals surface area (Å²) in [5.41, 5.74) is 0.899. The van der Waals surface area contributed by atoms with Crippen molar-refractivity contribution in [3.05, 3.63) is 30.3 Å². The summed E-state index contributed by atoms with van der Waals surface area (Å²) in [6.07, 6.45) is 0.160. The van der Waals surface area contributed by atoms with Gasteiger partial charge in [0.1, 0.15) is 0 Å². The molecule has 0 spiro atoms. The van der Waals surface area contributed by atoms with Crippen molar-refractivity contribution in [2.75, 3.05) is 18.6 Å². The first-order valence-corrected chi connectivity index (χ1v) is 7.23. The number of ether oxygens (including phenoxy) is 1. The Bertz CT molecular complexity index is 671. The second-order valence-electron chi connectivity index (χ2n) is 4.70. The first-order valence-electron chi connectivity index (χ1n) is 6.46. The molecule has 1 amide bonds. The van der Waals surface area contributed by atoms with Crippen molar-refractivity contribution in [3.8, 4) is 11.4 Å². The van der Waals surface area contributed by atoms with Crippen LogP contribution in [0.2, 0.25) is 0 Å². The first kappa shape index (κ1) is 13.7. The summed E-state index contributed by atoms with van der Waals surface area (Å²) in [6.45, 7) is 0.301. The summed E-state index contributed by atoms with van der Waals surface area (Å²) >= 11 is 1.16. The molecule has 2 aromatic rings. The van der Waals surface area contributed by atoms with E-state index >= 15 is 0 Å². The van der Waals surface area contributed by atoms with Gasteiger partial charge in [0, 0.05) is 30.1 Å². The van der Waals surface area contributed by atoms with E-state index in [9.17, 15) is 9.59 Å². The van der Waals surface area contributed by atoms with Crippen molar-refractivity contribution in [1.82, 2.24) is 9.36 Å². The second-order valence-corrected chi connectivity index (χ2v) is 5.43. The Morgan fingerprint density at radius 3 is 2.86 bits per heavy atom. The number of methoxy groups -OCH3 is 1. The molecule has 0 N–H and O–H groups in total. The molecular weight excluding hydrogens is 290 g/mol. The Kier molecular flexibility index (Phi) is 3.66. The Morgan fingerprint density at radius 1 is 1.38 bits per heavy atom. The van der Waals surface area contributed by atoms with E-state index in [1.807, 2.05) is 30.3 Å². The molecular formula is C14H13N3O3S. The highest BCUT2D eigenvalue weighted by Crippen LogP contribution is 2.29. The van der Waals surface area contributed by atoms with Crippen LogP contribution in [0.1, 0.15) is 6.42 Å². The molecule has 1 aliphatic heterocycles. The lowest BCUT2D eigenvalue weighted by molar-refractivity contribution is -0.145. The second kappa shape index (κ2) is 5.61. The molecule has 7 heteroatoms. The third-order valence-corrected chi connectivity index (χ3v) is 4.08. The van der Waals surface area contributed by atoms with Crippen molar-refractivity contribution >= 4 is 28.5 Å². The summed E-state index contributed by atoms with van der Waals surface area (Å²) in [5.74, 6) is -0.323. The van der Waals surface area contributed by atoms with Gasteiger partial charge in [-0.1, -0.05) is 30.3 Å². The number of nitrogens with zero attached hydrogens (tertiary/aromatic N) is 3. The van der Waals surface area contributed by atoms with Crippen LogP contribution in [0, 0.1) is 5.92 Å². The molecule has 1 unspecified atom stereocenters. The Morgan fingerprint density at radius 2 is 2.14 bits per heavy atom. The normalized spacial score (nSPS) is 18.0. The molecule has 1 saturated heterocycles. The number of benzene rings is 1. The molecule has 0 aliphatic carbocycles. The summed E-state index contributed by atoms with van der Waals surface area (Å²) in [4.78, 5) is 29.4. The number of anilines is 1. The zero-order valence-corrected chi connectivity index (χ0v) is 12.2. The smallest absolute Gasteiger partial charge is 0.311 e. The van der Waals surface area contributed by atoms with Gasteiger partial charge in [0.15, 0.2) is 5.82 Å². The fourth-order valence-corrected chi connectivity index (χ4v) is 2.96. The van der Waals surface area contributed by atoms with Gasteiger partial charge in [-0.25, -0.2) is 0 Å². The average Bonchev–Trinajstić information content (AvgIpc) is 3.14. The van der Waals surface area contributed by atoms with E-state index in [1.54, 1.807) is 0 Å². The van der Waals surface area contributed by atoms with Gasteiger partial charge >= 0.3 is 5.97 Å². The van der Waals surface area contributed by atoms with E-state index < -0.39 is 5.92 Å². The number of rotatable bonds is 3. The predicted octanol–water partition coefficient (Wildman–Crippen LogP) is 1.73. The van der Waals surface area contributed by atoms with E-state index in [2.05, 4.69) is 9.36 Å². The van der Waals surface area contributed by atoms with E-state index in [0.29, 0.717) is 17.5 Å². The Balaban J connectivity index is 1.81. The lowest BCUT2D eigenvalue weighted by Crippen LogP contribution is -2.26. The van der Waals surface area contributed by atoms with Gasteiger partial charge in [0.2, 0.25) is 11.0 Å². The van der Waals surface area contributed by atoms with Gasteiger partial charge in [-0.15, -0.1) is 0 Å². The summed E-state index contributed by atoms with van der Waals surface area (Å²) in [7, 11) is 1.33. The summed E-state index contributed by atoms with van der Waals surface area (Å²) in [6, 6.07) is 9.56. The largest absolute Gasteiger partial charge is 0.469 e. The van der Waals surface area contributed by atoms with Crippen molar-refractivity contribution in [3.63, 3.8) is 0 Å². The highest BCUT2D eigenvalue weighted by molar-refractivity contribution is 7.10. The van der Waals surface area contributed by atoms with E-state index in [0.717, 1.165) is 17.1 Å². The number of carbonyl (C=O) groups excluding carboxylic acids is 2. The maximum absolute atomic E-state index is 12.0. The molecule has 2 heterocycles. The zero-order chi connectivity index (χ0) is 14.8. The molecule has 1 aliphatic rings. The van der Waals surface area contributed by atoms with Crippen molar-refractivity contribution in [2.45, 2.75) is 6.42 Å². The van der Waals surface area contributed by atoms with Crippen LogP contribution in [0.4, 0.5) is 5.13 Å². The average molecular weight is 303 g/mol. The van der Waals surface area contributed by atoms with Crippen LogP contribution in [-0.2, 0) is 14.3 Å². The standard InChI is InChI=1S/C14H13N3O3S/c1-20-13(19)10-7-11(18)17(8-10)14-15-12(16-21-14)9-5-3-2-4-6-9/h2-6,10H,7-8H2,1H3. The number of esters is 1. The summed E-state index contributed by atoms with van der Waals surface area (Å²) < 4.78 is 8.97. The number of hydrogen-bond acceptors (Lipinski definition) is 6. The topological polar surface area (TPSA) is 72.4 Å². The number of carbonyl (C=O) groups is 2. The fraction of sp³-hybridized carbons (Fsp3) is 0.286. The molecule has 0 saturated carbocycles. The lowest BCUT2D eigenvalue weighted by atomic mass is 10.1. The number of aromatic nitrogens is 2. The van der Waals surface area contributed by atoms with Gasteiger partial charge in [0.05, 0.1) is 13.0 Å². The van der Waals surface area contributed by atoms with Crippen LogP contribution >= 0.6 is 11.5 Å². The molecule has 1 aromatic carbocycles. The third-order valence-electron chi connectivity index (χ3n) is 3.34. The van der Waals surface area contributed by atoms with Gasteiger partial charge in [-0.2, -0.15) is 9.36 Å². The van der Waals surface area contributed by atoms with Gasteiger partial charge in [-0.05, 0) is 0 Å². The summed E-state index contributed by atoms with van der Waals surface area (Å²) in [5, 5.41) is 0.519. The highest BCUT2D eigenvalue weighted by Gasteiger charge is 2.37. The van der Waals surface area contributed by atoms with Gasteiger partial charge in [0.25, 0.3) is 0 Å². The Hall–Kier alpha value is -2.28. The highest BCUT2D eigenvalue weighted by atomic mass is 32.1. The minimum Gasteiger partial charge on any atom is -0.469 e. The number of amides is 1. The van der Waals surface area contributed by atoms with Crippen LogP contribution < -0.4 is 4.90 Å². The molecule has 6 nitrogen and oxygen atoms in total. The molecule has 108 valence electrons. The van der Waals surface area contributed by atoms with E-state index in [1.165, 1.54) is 12.0 Å². The maximum Gasteiger partial charge on any atom is 0.311 e. The quantitative estimate of drug-likeness (QED) is 0.807. The molecule has 3 rings (SSSR count). The van der Waals surface area contributed by atoms with Gasteiger partial charge < -0.3 is 4.74 Å².